The van der Waals surface area contributed by atoms with Gasteiger partial charge in [0.05, 0.1) is 6.54 Å². The second-order valence-corrected chi connectivity index (χ2v) is 5.00. The Morgan fingerprint density at radius 1 is 1.48 bits per heavy atom. The lowest BCUT2D eigenvalue weighted by molar-refractivity contribution is 0.449. The normalized spacial score (nSPS) is 17.9. The molecule has 1 atom stereocenters. The highest BCUT2D eigenvalue weighted by Crippen LogP contribution is 2.21. The first-order chi connectivity index (χ1) is 10.3. The molecule has 1 aliphatic rings. The van der Waals surface area contributed by atoms with E-state index in [1.165, 1.54) is 6.07 Å². The zero-order chi connectivity index (χ0) is 14.7. The van der Waals surface area contributed by atoms with E-state index in [1.807, 2.05) is 11.0 Å². The summed E-state index contributed by atoms with van der Waals surface area (Å²) in [4.78, 5) is 6.04. The summed E-state index contributed by atoms with van der Waals surface area (Å²) >= 11 is 0. The van der Waals surface area contributed by atoms with Gasteiger partial charge in [-0.05, 0) is 30.7 Å². The predicted octanol–water partition coefficient (Wildman–Crippen LogP) is 2.05. The summed E-state index contributed by atoms with van der Waals surface area (Å²) in [6.45, 7) is 2.04. The van der Waals surface area contributed by atoms with Crippen molar-refractivity contribution >= 4 is 5.82 Å². The van der Waals surface area contributed by atoms with Crippen LogP contribution in [0.15, 0.2) is 34.9 Å². The van der Waals surface area contributed by atoms with Crippen LogP contribution >= 0.6 is 0 Å². The predicted molar refractivity (Wildman–Crippen MR) is 75.1 cm³/mol. The summed E-state index contributed by atoms with van der Waals surface area (Å²) in [7, 11) is 0. The summed E-state index contributed by atoms with van der Waals surface area (Å²) < 4.78 is 19.0. The second-order valence-electron chi connectivity index (χ2n) is 5.00. The van der Waals surface area contributed by atoms with E-state index in [1.54, 1.807) is 24.4 Å². The molecule has 0 spiro atoms. The molecule has 0 saturated carbocycles. The molecule has 108 valence electrons. The summed E-state index contributed by atoms with van der Waals surface area (Å²) in [5, 5.41) is 12.1. The van der Waals surface area contributed by atoms with Gasteiger partial charge in [0, 0.05) is 25.3 Å². The van der Waals surface area contributed by atoms with E-state index in [4.69, 9.17) is 9.68 Å². The molecule has 1 N–H and O–H groups in total. The highest BCUT2D eigenvalue weighted by atomic mass is 19.1. The maximum atomic E-state index is 13.7. The van der Waals surface area contributed by atoms with Crippen molar-refractivity contribution in [3.63, 3.8) is 0 Å². The van der Waals surface area contributed by atoms with E-state index in [9.17, 15) is 4.39 Å². The smallest absolute Gasteiger partial charge is 0.203 e. The number of nitrogens with zero attached hydrogens (tertiary/aromatic N) is 3. The zero-order valence-corrected chi connectivity index (χ0v) is 11.4. The minimum Gasteiger partial charge on any atom is -0.449 e. The molecule has 2 aromatic heterocycles. The molecule has 3 rings (SSSR count). The topological polar surface area (TPSA) is 65.1 Å². The van der Waals surface area contributed by atoms with E-state index >= 15 is 0 Å². The van der Waals surface area contributed by atoms with Gasteiger partial charge >= 0.3 is 0 Å². The lowest BCUT2D eigenvalue weighted by Gasteiger charge is -2.18. The minimum absolute atomic E-state index is 0.252. The third-order valence-electron chi connectivity index (χ3n) is 3.56. The Bertz CT molecular complexity index is 664. The molecule has 0 bridgehead atoms. The van der Waals surface area contributed by atoms with Gasteiger partial charge in [-0.3, -0.25) is 0 Å². The summed E-state index contributed by atoms with van der Waals surface area (Å²) in [6, 6.07) is 8.67. The van der Waals surface area contributed by atoms with Gasteiger partial charge in [0.25, 0.3) is 0 Å². The summed E-state index contributed by atoms with van der Waals surface area (Å²) in [5.74, 6) is 1.17. The number of anilines is 1. The number of nitriles is 1. The van der Waals surface area contributed by atoms with Crippen LogP contribution in [0.4, 0.5) is 10.2 Å². The first-order valence-corrected chi connectivity index (χ1v) is 6.84. The van der Waals surface area contributed by atoms with Crippen LogP contribution < -0.4 is 10.2 Å². The highest BCUT2D eigenvalue weighted by molar-refractivity contribution is 5.41. The van der Waals surface area contributed by atoms with Crippen LogP contribution in [0.1, 0.15) is 17.9 Å². The van der Waals surface area contributed by atoms with Crippen molar-refractivity contribution in [1.82, 2.24) is 10.3 Å². The highest BCUT2D eigenvalue weighted by Gasteiger charge is 2.25. The standard InChI is InChI=1S/C15H15FN4O/c16-14-2-1-6-18-15(14)20-7-5-11(10-20)19-9-13-4-3-12(8-17)21-13/h1-4,6,11,19H,5,7,9-10H2. The number of pyridine rings is 1. The van der Waals surface area contributed by atoms with Gasteiger partial charge < -0.3 is 14.6 Å². The number of nitrogens with one attached hydrogen (secondary N) is 1. The van der Waals surface area contributed by atoms with Gasteiger partial charge in [0.2, 0.25) is 5.76 Å². The maximum Gasteiger partial charge on any atom is 0.203 e. The molecule has 6 heteroatoms. The molecule has 5 nitrogen and oxygen atoms in total. The Kier molecular flexibility index (Phi) is 3.84. The van der Waals surface area contributed by atoms with Gasteiger partial charge in [-0.15, -0.1) is 0 Å². The molecular formula is C15H15FN4O. The second kappa shape index (κ2) is 5.94. The zero-order valence-electron chi connectivity index (χ0n) is 11.4. The van der Waals surface area contributed by atoms with Crippen LogP contribution in [0.25, 0.3) is 0 Å². The first-order valence-electron chi connectivity index (χ1n) is 6.84. The molecule has 0 radical (unpaired) electrons. The average molecular weight is 286 g/mol. The van der Waals surface area contributed by atoms with Crippen molar-refractivity contribution in [1.29, 1.82) is 5.26 Å². The Labute approximate surface area is 122 Å². The van der Waals surface area contributed by atoms with Gasteiger partial charge in [-0.1, -0.05) is 0 Å². The van der Waals surface area contributed by atoms with Crippen molar-refractivity contribution in [3.8, 4) is 6.07 Å². The fourth-order valence-corrected chi connectivity index (χ4v) is 2.51. The first kappa shape index (κ1) is 13.6. The molecule has 0 aromatic carbocycles. The lowest BCUT2D eigenvalue weighted by Crippen LogP contribution is -2.32. The maximum absolute atomic E-state index is 13.7. The van der Waals surface area contributed by atoms with Crippen LogP contribution in [0.2, 0.25) is 0 Å². The molecule has 1 unspecified atom stereocenters. The molecule has 21 heavy (non-hydrogen) atoms. The van der Waals surface area contributed by atoms with Gasteiger partial charge in [-0.2, -0.15) is 5.26 Å². The molecule has 0 aliphatic carbocycles. The van der Waals surface area contributed by atoms with Crippen LogP contribution in [0.5, 0.6) is 0 Å². The third kappa shape index (κ3) is 3.03. The van der Waals surface area contributed by atoms with E-state index in [2.05, 4.69) is 10.3 Å². The number of furan rings is 1. The molecule has 1 fully saturated rings. The van der Waals surface area contributed by atoms with Crippen molar-refractivity contribution in [2.24, 2.45) is 0 Å². The van der Waals surface area contributed by atoms with Gasteiger partial charge in [0.1, 0.15) is 11.8 Å². The lowest BCUT2D eigenvalue weighted by atomic mass is 10.2. The van der Waals surface area contributed by atoms with Gasteiger partial charge in [-0.25, -0.2) is 9.37 Å². The molecule has 0 amide bonds. The van der Waals surface area contributed by atoms with E-state index in [0.29, 0.717) is 24.7 Å². The van der Waals surface area contributed by atoms with Crippen molar-refractivity contribution in [2.75, 3.05) is 18.0 Å². The van der Waals surface area contributed by atoms with Crippen molar-refractivity contribution in [3.05, 3.63) is 47.8 Å². The molecule has 1 aliphatic heterocycles. The van der Waals surface area contributed by atoms with Crippen LogP contribution in [0, 0.1) is 17.1 Å². The monoisotopic (exact) mass is 286 g/mol. The SMILES string of the molecule is N#Cc1ccc(CNC2CCN(c3ncccc3F)C2)o1. The fraction of sp³-hybridized carbons (Fsp3) is 0.333. The summed E-state index contributed by atoms with van der Waals surface area (Å²) in [5.41, 5.74) is 0. The Hall–Kier alpha value is -2.39. The molecule has 2 aromatic rings. The number of aromatic nitrogens is 1. The Morgan fingerprint density at radius 3 is 3.14 bits per heavy atom. The number of rotatable bonds is 4. The fourth-order valence-electron chi connectivity index (χ4n) is 2.51. The Balaban J connectivity index is 1.55. The number of hydrogen-bond donors (Lipinski definition) is 1. The van der Waals surface area contributed by atoms with Crippen LogP contribution in [0.3, 0.4) is 0 Å². The van der Waals surface area contributed by atoms with E-state index in [-0.39, 0.29) is 11.9 Å². The quantitative estimate of drug-likeness (QED) is 0.932. The molecule has 3 heterocycles. The van der Waals surface area contributed by atoms with Gasteiger partial charge in [0.15, 0.2) is 11.6 Å². The Morgan fingerprint density at radius 2 is 2.38 bits per heavy atom. The average Bonchev–Trinajstić information content (AvgIpc) is 3.14. The minimum atomic E-state index is -0.289. The number of hydrogen-bond acceptors (Lipinski definition) is 5. The van der Waals surface area contributed by atoms with E-state index < -0.39 is 0 Å². The largest absolute Gasteiger partial charge is 0.449 e. The van der Waals surface area contributed by atoms with E-state index in [0.717, 1.165) is 18.7 Å². The molecular weight excluding hydrogens is 271 g/mol. The third-order valence-corrected chi connectivity index (χ3v) is 3.56. The summed E-state index contributed by atoms with van der Waals surface area (Å²) in [6.07, 6.45) is 2.52. The van der Waals surface area contributed by atoms with Crippen LogP contribution in [-0.2, 0) is 6.54 Å². The van der Waals surface area contributed by atoms with Crippen LogP contribution in [-0.4, -0.2) is 24.1 Å². The van der Waals surface area contributed by atoms with Crippen molar-refractivity contribution in [2.45, 2.75) is 19.0 Å². The number of halogens is 1. The van der Waals surface area contributed by atoms with Crippen molar-refractivity contribution < 1.29 is 8.81 Å². The molecule has 1 saturated heterocycles.